The zero-order valence-electron chi connectivity index (χ0n) is 15.7. The van der Waals surface area contributed by atoms with E-state index in [1.54, 1.807) is 11.8 Å². The van der Waals surface area contributed by atoms with Crippen molar-refractivity contribution in [3.63, 3.8) is 0 Å². The standard InChI is InChI=1S/C22H30O3S/c1-17-21(20-13-9-8-10-14-20)26-19(3)18(2)24-15-11-6-4-5-7-12-16-25-22(17)23/h8-10,13-14,19,21H,1-2,4-7,11-12,15-16H2,3H3. The van der Waals surface area contributed by atoms with E-state index in [2.05, 4.69) is 20.1 Å². The molecule has 1 saturated heterocycles. The molecule has 1 aromatic rings. The molecule has 3 nitrogen and oxygen atoms in total. The summed E-state index contributed by atoms with van der Waals surface area (Å²) >= 11 is 1.63. The van der Waals surface area contributed by atoms with Gasteiger partial charge in [0.25, 0.3) is 0 Å². The van der Waals surface area contributed by atoms with Crippen LogP contribution >= 0.6 is 11.8 Å². The van der Waals surface area contributed by atoms with Gasteiger partial charge in [-0.3, -0.25) is 0 Å². The van der Waals surface area contributed by atoms with Crippen LogP contribution in [-0.4, -0.2) is 24.4 Å². The first-order valence-corrected chi connectivity index (χ1v) is 10.4. The molecule has 1 aromatic carbocycles. The van der Waals surface area contributed by atoms with Gasteiger partial charge in [-0.2, -0.15) is 0 Å². The minimum absolute atomic E-state index is 0.0534. The number of rotatable bonds is 1. The fourth-order valence-corrected chi connectivity index (χ4v) is 4.07. The van der Waals surface area contributed by atoms with Crippen LogP contribution in [0, 0.1) is 0 Å². The molecule has 4 heteroatoms. The molecule has 0 saturated carbocycles. The van der Waals surface area contributed by atoms with Crippen LogP contribution in [0.3, 0.4) is 0 Å². The summed E-state index contributed by atoms with van der Waals surface area (Å²) in [6.45, 7) is 11.4. The largest absolute Gasteiger partial charge is 0.497 e. The van der Waals surface area contributed by atoms with Crippen molar-refractivity contribution in [2.45, 2.75) is 55.9 Å². The van der Waals surface area contributed by atoms with Crippen LogP contribution in [-0.2, 0) is 14.3 Å². The number of cyclic esters (lactones) is 1. The molecule has 26 heavy (non-hydrogen) atoms. The molecule has 0 amide bonds. The molecule has 142 valence electrons. The third-order valence-corrected chi connectivity index (χ3v) is 6.03. The van der Waals surface area contributed by atoms with E-state index < -0.39 is 0 Å². The van der Waals surface area contributed by atoms with Gasteiger partial charge in [-0.05, 0) is 25.3 Å². The minimum atomic E-state index is -0.308. The first-order chi connectivity index (χ1) is 12.6. The van der Waals surface area contributed by atoms with Crippen LogP contribution in [0.5, 0.6) is 0 Å². The van der Waals surface area contributed by atoms with E-state index in [4.69, 9.17) is 9.47 Å². The van der Waals surface area contributed by atoms with Crippen molar-refractivity contribution in [2.75, 3.05) is 13.2 Å². The molecule has 1 aliphatic rings. The highest BCUT2D eigenvalue weighted by molar-refractivity contribution is 8.00. The highest BCUT2D eigenvalue weighted by Gasteiger charge is 2.26. The highest BCUT2D eigenvalue weighted by Crippen LogP contribution is 2.40. The average molecular weight is 375 g/mol. The number of thioether (sulfide) groups is 1. The monoisotopic (exact) mass is 374 g/mol. The third kappa shape index (κ3) is 6.56. The maximum atomic E-state index is 12.5. The smallest absolute Gasteiger partial charge is 0.334 e. The number of benzene rings is 1. The molecule has 2 rings (SSSR count). The lowest BCUT2D eigenvalue weighted by molar-refractivity contribution is -0.139. The maximum Gasteiger partial charge on any atom is 0.334 e. The summed E-state index contributed by atoms with van der Waals surface area (Å²) in [4.78, 5) is 12.5. The normalized spacial score (nSPS) is 24.6. The van der Waals surface area contributed by atoms with Crippen molar-refractivity contribution >= 4 is 17.7 Å². The second kappa shape index (κ2) is 11.1. The molecule has 0 bridgehead atoms. The number of hydrogen-bond acceptors (Lipinski definition) is 4. The van der Waals surface area contributed by atoms with E-state index in [0.29, 0.717) is 18.8 Å². The van der Waals surface area contributed by atoms with Crippen molar-refractivity contribution in [1.82, 2.24) is 0 Å². The average Bonchev–Trinajstić information content (AvgIpc) is 2.66. The Morgan fingerprint density at radius 2 is 1.50 bits per heavy atom. The number of ether oxygens (including phenoxy) is 2. The summed E-state index contributed by atoms with van der Waals surface area (Å²) < 4.78 is 11.3. The summed E-state index contributed by atoms with van der Waals surface area (Å²) in [5, 5.41) is -0.121. The van der Waals surface area contributed by atoms with Crippen molar-refractivity contribution in [3.8, 4) is 0 Å². The predicted octanol–water partition coefficient (Wildman–Crippen LogP) is 5.83. The number of esters is 1. The summed E-state index contributed by atoms with van der Waals surface area (Å²) in [7, 11) is 0. The lowest BCUT2D eigenvalue weighted by atomic mass is 10.1. The zero-order chi connectivity index (χ0) is 18.8. The fourth-order valence-electron chi connectivity index (χ4n) is 2.87. The quantitative estimate of drug-likeness (QED) is 0.457. The number of hydrogen-bond donors (Lipinski definition) is 0. The van der Waals surface area contributed by atoms with E-state index in [1.807, 2.05) is 30.3 Å². The van der Waals surface area contributed by atoms with Gasteiger partial charge in [-0.25, -0.2) is 4.79 Å². The minimum Gasteiger partial charge on any atom is -0.497 e. The topological polar surface area (TPSA) is 35.5 Å². The van der Waals surface area contributed by atoms with Crippen LogP contribution in [0.15, 0.2) is 54.8 Å². The summed E-state index contributed by atoms with van der Waals surface area (Å²) in [6, 6.07) is 9.96. The summed E-state index contributed by atoms with van der Waals surface area (Å²) in [5.41, 5.74) is 1.52. The first-order valence-electron chi connectivity index (χ1n) is 9.47. The molecule has 0 aromatic heterocycles. The van der Waals surface area contributed by atoms with Gasteiger partial charge < -0.3 is 9.47 Å². The molecule has 0 spiro atoms. The Labute approximate surface area is 161 Å². The second-order valence-corrected chi connectivity index (χ2v) is 8.12. The predicted molar refractivity (Wildman–Crippen MR) is 109 cm³/mol. The molecular weight excluding hydrogens is 344 g/mol. The fraction of sp³-hybridized carbons (Fsp3) is 0.500. The van der Waals surface area contributed by atoms with Gasteiger partial charge >= 0.3 is 5.97 Å². The maximum absolute atomic E-state index is 12.5. The second-order valence-electron chi connectivity index (χ2n) is 6.67. The number of carbonyl (C=O) groups excluding carboxylic acids is 1. The van der Waals surface area contributed by atoms with Crippen molar-refractivity contribution in [2.24, 2.45) is 0 Å². The van der Waals surface area contributed by atoms with Gasteiger partial charge in [0.05, 0.1) is 23.7 Å². The van der Waals surface area contributed by atoms with E-state index in [1.165, 1.54) is 12.8 Å². The Balaban J connectivity index is 2.14. The van der Waals surface area contributed by atoms with Crippen LogP contribution < -0.4 is 0 Å². The van der Waals surface area contributed by atoms with E-state index in [9.17, 15) is 4.79 Å². The van der Waals surface area contributed by atoms with Crippen molar-refractivity contribution in [3.05, 3.63) is 60.4 Å². The molecule has 1 aliphatic heterocycles. The Morgan fingerprint density at radius 1 is 0.923 bits per heavy atom. The van der Waals surface area contributed by atoms with Crippen LogP contribution in [0.2, 0.25) is 0 Å². The molecule has 2 unspecified atom stereocenters. The molecule has 1 fully saturated rings. The molecule has 0 N–H and O–H groups in total. The summed E-state index contributed by atoms with van der Waals surface area (Å²) in [6.07, 6.45) is 6.57. The van der Waals surface area contributed by atoms with E-state index >= 15 is 0 Å². The Morgan fingerprint density at radius 3 is 2.15 bits per heavy atom. The molecule has 0 aliphatic carbocycles. The molecule has 1 heterocycles. The molecular formula is C22H30O3S. The Hall–Kier alpha value is -1.68. The molecule has 0 radical (unpaired) electrons. The van der Waals surface area contributed by atoms with Gasteiger partial charge in [-0.15, -0.1) is 11.8 Å². The van der Waals surface area contributed by atoms with Gasteiger partial charge in [0.15, 0.2) is 0 Å². The van der Waals surface area contributed by atoms with Gasteiger partial charge in [0.2, 0.25) is 0 Å². The van der Waals surface area contributed by atoms with Crippen LogP contribution in [0.1, 0.15) is 56.3 Å². The van der Waals surface area contributed by atoms with Gasteiger partial charge in [0, 0.05) is 5.57 Å². The summed E-state index contributed by atoms with van der Waals surface area (Å²) in [5.74, 6) is 0.446. The van der Waals surface area contributed by atoms with Crippen molar-refractivity contribution < 1.29 is 14.3 Å². The van der Waals surface area contributed by atoms with Crippen molar-refractivity contribution in [1.29, 1.82) is 0 Å². The number of carbonyl (C=O) groups is 1. The Kier molecular flexibility index (Phi) is 8.82. The van der Waals surface area contributed by atoms with E-state index in [0.717, 1.165) is 37.0 Å². The van der Waals surface area contributed by atoms with Gasteiger partial charge in [0.1, 0.15) is 5.76 Å². The zero-order valence-corrected chi connectivity index (χ0v) is 16.6. The first kappa shape index (κ1) is 20.6. The Bertz CT molecular complexity index is 597. The van der Waals surface area contributed by atoms with Crippen LogP contribution in [0.25, 0.3) is 0 Å². The van der Waals surface area contributed by atoms with Crippen LogP contribution in [0.4, 0.5) is 0 Å². The van der Waals surface area contributed by atoms with Gasteiger partial charge in [-0.1, -0.05) is 69.2 Å². The lowest BCUT2D eigenvalue weighted by Gasteiger charge is -2.24. The lowest BCUT2D eigenvalue weighted by Crippen LogP contribution is -2.16. The molecule has 2 atom stereocenters. The highest BCUT2D eigenvalue weighted by atomic mass is 32.2. The van der Waals surface area contributed by atoms with E-state index in [-0.39, 0.29) is 16.5 Å². The SMILES string of the molecule is C=C1OCCCCCCCCOC(=O)C(=C)C(c2ccccc2)SC1C. The third-order valence-electron chi connectivity index (χ3n) is 4.53.